The van der Waals surface area contributed by atoms with E-state index in [4.69, 9.17) is 4.74 Å². The first kappa shape index (κ1) is 21.2. The third kappa shape index (κ3) is 10.8. The van der Waals surface area contributed by atoms with Crippen LogP contribution in [-0.2, 0) is 14.3 Å². The summed E-state index contributed by atoms with van der Waals surface area (Å²) in [5, 5.41) is 0. The lowest BCUT2D eigenvalue weighted by Gasteiger charge is -2.25. The Morgan fingerprint density at radius 3 is 2.00 bits per heavy atom. The van der Waals surface area contributed by atoms with E-state index in [-0.39, 0.29) is 11.6 Å². The van der Waals surface area contributed by atoms with Crippen molar-refractivity contribution in [2.45, 2.75) is 110 Å². The van der Waals surface area contributed by atoms with E-state index in [1.165, 1.54) is 51.4 Å². The Hall–Kier alpha value is -0.860. The molecule has 0 aromatic rings. The number of hydrogen-bond donors (Lipinski definition) is 0. The van der Waals surface area contributed by atoms with E-state index in [9.17, 15) is 9.59 Å². The van der Waals surface area contributed by atoms with E-state index < -0.39 is 0 Å². The first-order chi connectivity index (χ1) is 11.4. The number of hydrogen-bond acceptors (Lipinski definition) is 3. The zero-order chi connectivity index (χ0) is 17.8. The third-order valence-corrected chi connectivity index (χ3v) is 5.00. The second kappa shape index (κ2) is 11.7. The topological polar surface area (TPSA) is 43.4 Å². The van der Waals surface area contributed by atoms with E-state index >= 15 is 0 Å². The maximum absolute atomic E-state index is 11.6. The van der Waals surface area contributed by atoms with Gasteiger partial charge in [-0.15, -0.1) is 0 Å². The number of carbonyl (C=O) groups excluding carboxylic acids is 2. The fourth-order valence-corrected chi connectivity index (χ4v) is 3.59. The van der Waals surface area contributed by atoms with Crippen LogP contribution in [0.2, 0.25) is 0 Å². The Kier molecular flexibility index (Phi) is 10.3. The average Bonchev–Trinajstić information content (AvgIpc) is 2.52. The molecule has 0 heterocycles. The molecule has 0 radical (unpaired) electrons. The first-order valence-corrected chi connectivity index (χ1v) is 10.1. The van der Waals surface area contributed by atoms with Crippen molar-refractivity contribution in [3.05, 3.63) is 0 Å². The van der Waals surface area contributed by atoms with Gasteiger partial charge in [-0.05, 0) is 58.8 Å². The smallest absolute Gasteiger partial charge is 0.306 e. The predicted molar refractivity (Wildman–Crippen MR) is 98.9 cm³/mol. The van der Waals surface area contributed by atoms with E-state index in [1.54, 1.807) is 0 Å². The van der Waals surface area contributed by atoms with Gasteiger partial charge in [0.2, 0.25) is 0 Å². The number of aldehydes is 1. The minimum Gasteiger partial charge on any atom is -0.460 e. The number of rotatable bonds is 11. The van der Waals surface area contributed by atoms with Crippen molar-refractivity contribution >= 4 is 12.3 Å². The maximum atomic E-state index is 11.6. The minimum atomic E-state index is -0.358. The largest absolute Gasteiger partial charge is 0.460 e. The second-order valence-corrected chi connectivity index (χ2v) is 8.52. The van der Waals surface area contributed by atoms with Gasteiger partial charge < -0.3 is 9.53 Å². The summed E-state index contributed by atoms with van der Waals surface area (Å²) in [7, 11) is 0. The van der Waals surface area contributed by atoms with Gasteiger partial charge in [0.1, 0.15) is 11.9 Å². The van der Waals surface area contributed by atoms with Crippen molar-refractivity contribution in [2.75, 3.05) is 0 Å². The summed E-state index contributed by atoms with van der Waals surface area (Å²) in [5.41, 5.74) is -0.358. The summed E-state index contributed by atoms with van der Waals surface area (Å²) < 4.78 is 5.31. The Labute approximate surface area is 148 Å². The molecule has 0 bridgehead atoms. The van der Waals surface area contributed by atoms with Gasteiger partial charge in [-0.25, -0.2) is 0 Å². The summed E-state index contributed by atoms with van der Waals surface area (Å²) in [6, 6.07) is 0. The highest BCUT2D eigenvalue weighted by Gasteiger charge is 2.20. The van der Waals surface area contributed by atoms with Crippen LogP contribution in [0.3, 0.4) is 0 Å². The van der Waals surface area contributed by atoms with Gasteiger partial charge in [0.15, 0.2) is 0 Å². The molecule has 24 heavy (non-hydrogen) atoms. The van der Waals surface area contributed by atoms with E-state index in [0.717, 1.165) is 37.9 Å². The van der Waals surface area contributed by atoms with Crippen LogP contribution in [0.25, 0.3) is 0 Å². The molecule has 1 saturated carbocycles. The fraction of sp³-hybridized carbons (Fsp3) is 0.905. The highest BCUT2D eigenvalue weighted by molar-refractivity contribution is 5.69. The zero-order valence-corrected chi connectivity index (χ0v) is 16.1. The number of ether oxygens (including phenoxy) is 1. The maximum Gasteiger partial charge on any atom is 0.306 e. The zero-order valence-electron chi connectivity index (χ0n) is 16.1. The van der Waals surface area contributed by atoms with Crippen LogP contribution in [0, 0.1) is 11.8 Å². The average molecular weight is 339 g/mol. The molecule has 0 amide bonds. The molecular formula is C21H38O3. The Morgan fingerprint density at radius 1 is 0.917 bits per heavy atom. The molecule has 0 spiro atoms. The minimum absolute atomic E-state index is 0.0631. The van der Waals surface area contributed by atoms with Crippen LogP contribution in [-0.4, -0.2) is 17.9 Å². The monoisotopic (exact) mass is 338 g/mol. The summed E-state index contributed by atoms with van der Waals surface area (Å²) in [4.78, 5) is 22.3. The molecule has 1 aliphatic carbocycles. The Balaban J connectivity index is 1.86. The number of carbonyl (C=O) groups is 2. The Bertz CT molecular complexity index is 349. The van der Waals surface area contributed by atoms with Crippen molar-refractivity contribution in [3.8, 4) is 0 Å². The fourth-order valence-electron chi connectivity index (χ4n) is 3.59. The van der Waals surface area contributed by atoms with Gasteiger partial charge in [-0.3, -0.25) is 4.79 Å². The number of unbranched alkanes of at least 4 members (excludes halogenated alkanes) is 6. The summed E-state index contributed by atoms with van der Waals surface area (Å²) in [5.74, 6) is 1.16. The lowest BCUT2D eigenvalue weighted by Crippen LogP contribution is -2.23. The molecule has 0 aromatic carbocycles. The van der Waals surface area contributed by atoms with Crippen molar-refractivity contribution in [2.24, 2.45) is 11.8 Å². The van der Waals surface area contributed by atoms with Crippen LogP contribution in [0.1, 0.15) is 104 Å². The molecule has 3 heteroatoms. The van der Waals surface area contributed by atoms with E-state index in [0.29, 0.717) is 12.3 Å². The molecule has 140 valence electrons. The van der Waals surface area contributed by atoms with Gasteiger partial charge in [0, 0.05) is 12.3 Å². The molecule has 0 aliphatic heterocycles. The molecular weight excluding hydrogens is 300 g/mol. The predicted octanol–water partition coefficient (Wildman–Crippen LogP) is 5.84. The van der Waals surface area contributed by atoms with Gasteiger partial charge in [-0.2, -0.15) is 0 Å². The summed E-state index contributed by atoms with van der Waals surface area (Å²) in [6.45, 7) is 5.75. The van der Waals surface area contributed by atoms with Crippen molar-refractivity contribution < 1.29 is 14.3 Å². The SMILES string of the molecule is CC(C)(C)OC(=O)CCCCCCCCCC1CCC(C=O)CC1. The normalized spacial score (nSPS) is 21.5. The summed E-state index contributed by atoms with van der Waals surface area (Å²) in [6.07, 6.45) is 16.4. The Morgan fingerprint density at radius 2 is 1.46 bits per heavy atom. The van der Waals surface area contributed by atoms with E-state index in [2.05, 4.69) is 0 Å². The first-order valence-electron chi connectivity index (χ1n) is 10.1. The van der Waals surface area contributed by atoms with Crippen LogP contribution in [0.15, 0.2) is 0 Å². The highest BCUT2D eigenvalue weighted by Crippen LogP contribution is 2.31. The molecule has 1 rings (SSSR count). The molecule has 1 fully saturated rings. The van der Waals surface area contributed by atoms with Crippen molar-refractivity contribution in [1.82, 2.24) is 0 Å². The molecule has 3 nitrogen and oxygen atoms in total. The van der Waals surface area contributed by atoms with Crippen LogP contribution in [0.5, 0.6) is 0 Å². The van der Waals surface area contributed by atoms with Crippen LogP contribution < -0.4 is 0 Å². The van der Waals surface area contributed by atoms with Crippen molar-refractivity contribution in [1.29, 1.82) is 0 Å². The molecule has 1 aliphatic rings. The second-order valence-electron chi connectivity index (χ2n) is 8.52. The van der Waals surface area contributed by atoms with Crippen LogP contribution in [0.4, 0.5) is 0 Å². The summed E-state index contributed by atoms with van der Waals surface area (Å²) >= 11 is 0. The highest BCUT2D eigenvalue weighted by atomic mass is 16.6. The quantitative estimate of drug-likeness (QED) is 0.270. The van der Waals surface area contributed by atoms with E-state index in [1.807, 2.05) is 20.8 Å². The van der Waals surface area contributed by atoms with Gasteiger partial charge in [0.05, 0.1) is 0 Å². The third-order valence-electron chi connectivity index (χ3n) is 5.00. The van der Waals surface area contributed by atoms with Gasteiger partial charge >= 0.3 is 5.97 Å². The molecule has 0 N–H and O–H groups in total. The lowest BCUT2D eigenvalue weighted by molar-refractivity contribution is -0.154. The molecule has 0 saturated heterocycles. The molecule has 0 aromatic heterocycles. The molecule has 0 unspecified atom stereocenters. The molecule has 0 atom stereocenters. The van der Waals surface area contributed by atoms with Crippen LogP contribution >= 0.6 is 0 Å². The standard InChI is InChI=1S/C21H38O3/c1-21(2,3)24-20(23)12-10-8-6-4-5-7-9-11-18-13-15-19(17-22)16-14-18/h17-19H,4-16H2,1-3H3. The van der Waals surface area contributed by atoms with Gasteiger partial charge in [0.25, 0.3) is 0 Å². The van der Waals surface area contributed by atoms with Gasteiger partial charge in [-0.1, -0.05) is 44.9 Å². The lowest BCUT2D eigenvalue weighted by atomic mass is 9.80. The number of esters is 1. The van der Waals surface area contributed by atoms with Crippen molar-refractivity contribution in [3.63, 3.8) is 0 Å².